The molecule has 3 N–H and O–H groups in total. The van der Waals surface area contributed by atoms with Crippen molar-refractivity contribution in [3.05, 3.63) is 23.2 Å². The zero-order valence-electron chi connectivity index (χ0n) is 13.5. The van der Waals surface area contributed by atoms with Crippen molar-refractivity contribution in [2.45, 2.75) is 12.8 Å². The van der Waals surface area contributed by atoms with Gasteiger partial charge in [0.2, 0.25) is 5.96 Å². The van der Waals surface area contributed by atoms with Crippen LogP contribution in [0.3, 0.4) is 0 Å². The molecule has 0 atom stereocenters. The van der Waals surface area contributed by atoms with Crippen LogP contribution < -0.4 is 20.9 Å². The highest BCUT2D eigenvalue weighted by atomic mass is 35.5. The first-order chi connectivity index (χ1) is 10.5. The Balaban J connectivity index is 0.00000264. The van der Waals surface area contributed by atoms with Crippen LogP contribution in [0.15, 0.2) is 23.2 Å². The third-order valence-corrected chi connectivity index (χ3v) is 3.70. The van der Waals surface area contributed by atoms with Gasteiger partial charge in [-0.2, -0.15) is 0 Å². The van der Waals surface area contributed by atoms with Crippen LogP contribution in [0.4, 0.5) is 16.2 Å². The maximum absolute atomic E-state index is 11.5. The van der Waals surface area contributed by atoms with Crippen molar-refractivity contribution >= 4 is 47.4 Å². The molecule has 1 aromatic rings. The van der Waals surface area contributed by atoms with E-state index < -0.39 is 0 Å². The molecular weight excluding hydrogens is 337 g/mol. The summed E-state index contributed by atoms with van der Waals surface area (Å²) in [4.78, 5) is 17.9. The fraction of sp³-hybridized carbons (Fsp3) is 0.467. The molecule has 6 nitrogen and oxygen atoms in total. The number of guanidine groups is 1. The lowest BCUT2D eigenvalue weighted by Gasteiger charge is -2.16. The van der Waals surface area contributed by atoms with Crippen molar-refractivity contribution < 1.29 is 4.79 Å². The van der Waals surface area contributed by atoms with Gasteiger partial charge in [0.1, 0.15) is 0 Å². The normalized spacial score (nSPS) is 13.8. The molecule has 2 rings (SSSR count). The van der Waals surface area contributed by atoms with Crippen LogP contribution in [0.2, 0.25) is 5.02 Å². The van der Waals surface area contributed by atoms with Crippen LogP contribution in [0.5, 0.6) is 0 Å². The van der Waals surface area contributed by atoms with Gasteiger partial charge in [-0.05, 0) is 37.0 Å². The SMILES string of the molecule is CNC(=O)NC(=NCC1CC1)Nc1ccc(N(C)C)cc1Cl.Cl. The van der Waals surface area contributed by atoms with Gasteiger partial charge in [0.05, 0.1) is 10.7 Å². The first kappa shape index (κ1) is 19.4. The Hall–Kier alpha value is -1.66. The average molecular weight is 360 g/mol. The number of hydrogen-bond acceptors (Lipinski definition) is 3. The Morgan fingerprint density at radius 3 is 2.61 bits per heavy atom. The minimum absolute atomic E-state index is 0. The highest BCUT2D eigenvalue weighted by Crippen LogP contribution is 2.29. The molecule has 0 bridgehead atoms. The molecule has 1 aromatic carbocycles. The van der Waals surface area contributed by atoms with E-state index in [1.165, 1.54) is 12.8 Å². The maximum atomic E-state index is 11.5. The summed E-state index contributed by atoms with van der Waals surface area (Å²) in [7, 11) is 5.47. The van der Waals surface area contributed by atoms with Gasteiger partial charge in [0.25, 0.3) is 0 Å². The number of anilines is 2. The molecule has 0 heterocycles. The molecule has 0 spiro atoms. The number of nitrogens with zero attached hydrogens (tertiary/aromatic N) is 2. The predicted molar refractivity (Wildman–Crippen MR) is 99.3 cm³/mol. The van der Waals surface area contributed by atoms with E-state index in [2.05, 4.69) is 20.9 Å². The minimum atomic E-state index is -0.317. The molecular formula is C15H23Cl2N5O. The third-order valence-electron chi connectivity index (χ3n) is 3.39. The Labute approximate surface area is 148 Å². The van der Waals surface area contributed by atoms with E-state index in [1.807, 2.05) is 37.2 Å². The molecule has 1 saturated carbocycles. The minimum Gasteiger partial charge on any atom is -0.378 e. The van der Waals surface area contributed by atoms with Crippen molar-refractivity contribution in [1.82, 2.24) is 10.6 Å². The second-order valence-electron chi connectivity index (χ2n) is 5.52. The number of benzene rings is 1. The largest absolute Gasteiger partial charge is 0.378 e. The molecule has 0 saturated heterocycles. The van der Waals surface area contributed by atoms with E-state index in [0.717, 1.165) is 5.69 Å². The van der Waals surface area contributed by atoms with E-state index in [4.69, 9.17) is 11.6 Å². The molecule has 0 aromatic heterocycles. The monoisotopic (exact) mass is 359 g/mol. The van der Waals surface area contributed by atoms with E-state index in [9.17, 15) is 4.79 Å². The van der Waals surface area contributed by atoms with Gasteiger partial charge >= 0.3 is 6.03 Å². The van der Waals surface area contributed by atoms with Crippen LogP contribution in [0.25, 0.3) is 0 Å². The topological polar surface area (TPSA) is 68.8 Å². The van der Waals surface area contributed by atoms with Gasteiger partial charge in [-0.15, -0.1) is 12.4 Å². The zero-order chi connectivity index (χ0) is 16.1. The summed E-state index contributed by atoms with van der Waals surface area (Å²) in [5.41, 5.74) is 1.71. The predicted octanol–water partition coefficient (Wildman–Crippen LogP) is 2.93. The lowest BCUT2D eigenvalue weighted by atomic mass is 10.2. The number of carbonyl (C=O) groups excluding carboxylic acids is 1. The number of urea groups is 1. The van der Waals surface area contributed by atoms with E-state index in [-0.39, 0.29) is 18.4 Å². The summed E-state index contributed by atoms with van der Waals surface area (Å²) in [6.07, 6.45) is 2.41. The number of rotatable bonds is 4. The lowest BCUT2D eigenvalue weighted by molar-refractivity contribution is 0.247. The molecule has 1 aliphatic carbocycles. The van der Waals surface area contributed by atoms with Gasteiger partial charge < -0.3 is 15.5 Å². The number of carbonyl (C=O) groups is 1. The summed E-state index contributed by atoms with van der Waals surface area (Å²) in [5, 5.41) is 8.86. The maximum Gasteiger partial charge on any atom is 0.321 e. The fourth-order valence-corrected chi connectivity index (χ4v) is 2.03. The van der Waals surface area contributed by atoms with Crippen LogP contribution in [0.1, 0.15) is 12.8 Å². The quantitative estimate of drug-likeness (QED) is 0.571. The molecule has 0 unspecified atom stereocenters. The molecule has 1 aliphatic rings. The fourth-order valence-electron chi connectivity index (χ4n) is 1.81. The number of nitrogens with one attached hydrogen (secondary N) is 3. The lowest BCUT2D eigenvalue weighted by Crippen LogP contribution is -2.41. The molecule has 8 heteroatoms. The Bertz CT molecular complexity index is 573. The second-order valence-corrected chi connectivity index (χ2v) is 5.93. The molecule has 128 valence electrons. The number of aliphatic imine (C=N–C) groups is 1. The summed E-state index contributed by atoms with van der Waals surface area (Å²) in [6, 6.07) is 5.37. The van der Waals surface area contributed by atoms with Gasteiger partial charge in [0, 0.05) is 33.4 Å². The third kappa shape index (κ3) is 6.15. The van der Waals surface area contributed by atoms with Crippen LogP contribution in [-0.4, -0.2) is 39.7 Å². The highest BCUT2D eigenvalue weighted by Gasteiger charge is 2.21. The molecule has 23 heavy (non-hydrogen) atoms. The van der Waals surface area contributed by atoms with Crippen molar-refractivity contribution in [2.75, 3.05) is 37.9 Å². The summed E-state index contributed by atoms with van der Waals surface area (Å²) in [6.45, 7) is 0.708. The van der Waals surface area contributed by atoms with E-state index >= 15 is 0 Å². The van der Waals surface area contributed by atoms with Gasteiger partial charge in [0.15, 0.2) is 0 Å². The van der Waals surface area contributed by atoms with Crippen LogP contribution in [0, 0.1) is 5.92 Å². The molecule has 1 fully saturated rings. The standard InChI is InChI=1S/C15H22ClN5O.ClH/c1-17-15(22)20-14(18-9-10-4-5-10)19-13-7-6-11(21(2)3)8-12(13)16;/h6-8,10H,4-5,9H2,1-3H3,(H3,17,18,19,20,22);1H. The van der Waals surface area contributed by atoms with E-state index in [0.29, 0.717) is 29.1 Å². The van der Waals surface area contributed by atoms with Crippen molar-refractivity contribution in [2.24, 2.45) is 10.9 Å². The first-order valence-electron chi connectivity index (χ1n) is 7.26. The first-order valence-corrected chi connectivity index (χ1v) is 7.64. The van der Waals surface area contributed by atoms with E-state index in [1.54, 1.807) is 7.05 Å². The van der Waals surface area contributed by atoms with Gasteiger partial charge in [-0.3, -0.25) is 10.3 Å². The Morgan fingerprint density at radius 2 is 2.09 bits per heavy atom. The van der Waals surface area contributed by atoms with Gasteiger partial charge in [-0.25, -0.2) is 4.79 Å². The number of hydrogen-bond donors (Lipinski definition) is 3. The summed E-state index contributed by atoms with van der Waals surface area (Å²) < 4.78 is 0. The smallest absolute Gasteiger partial charge is 0.321 e. The Kier molecular flexibility index (Phi) is 7.45. The van der Waals surface area contributed by atoms with Gasteiger partial charge in [-0.1, -0.05) is 11.6 Å². The molecule has 0 radical (unpaired) electrons. The number of amides is 2. The second kappa shape index (κ2) is 8.84. The summed E-state index contributed by atoms with van der Waals surface area (Å²) >= 11 is 6.29. The highest BCUT2D eigenvalue weighted by molar-refractivity contribution is 6.34. The van der Waals surface area contributed by atoms with Crippen molar-refractivity contribution in [3.8, 4) is 0 Å². The zero-order valence-corrected chi connectivity index (χ0v) is 15.1. The average Bonchev–Trinajstić information content (AvgIpc) is 3.30. The molecule has 2 amide bonds. The number of halogens is 2. The summed E-state index contributed by atoms with van der Waals surface area (Å²) in [5.74, 6) is 1.04. The molecule has 0 aliphatic heterocycles. The Morgan fingerprint density at radius 1 is 1.39 bits per heavy atom. The van der Waals surface area contributed by atoms with Crippen molar-refractivity contribution in [1.29, 1.82) is 0 Å². The van der Waals surface area contributed by atoms with Crippen LogP contribution in [-0.2, 0) is 0 Å². The van der Waals surface area contributed by atoms with Crippen molar-refractivity contribution in [3.63, 3.8) is 0 Å². The van der Waals surface area contributed by atoms with Crippen LogP contribution >= 0.6 is 24.0 Å².